The van der Waals surface area contributed by atoms with Crippen molar-refractivity contribution in [3.8, 4) is 17.2 Å². The topological polar surface area (TPSA) is 78.2 Å². The molecule has 0 spiro atoms. The number of imidazole rings is 1. The highest BCUT2D eigenvalue weighted by molar-refractivity contribution is 6.22. The van der Waals surface area contributed by atoms with E-state index in [1.165, 1.54) is 0 Å². The molecular formula is C38H21N5O2. The summed E-state index contributed by atoms with van der Waals surface area (Å²) < 4.78 is 10.3. The molecule has 0 atom stereocenters. The number of nitrogens with zero attached hydrogens (tertiary/aromatic N) is 5. The largest absolute Gasteiger partial charge is 0.437 e. The van der Waals surface area contributed by atoms with E-state index in [4.69, 9.17) is 19.4 Å². The van der Waals surface area contributed by atoms with Crippen LogP contribution in [0.2, 0.25) is 0 Å². The number of benzene rings is 5. The van der Waals surface area contributed by atoms with Gasteiger partial charge in [0, 0.05) is 27.1 Å². The van der Waals surface area contributed by atoms with Crippen LogP contribution in [0.15, 0.2) is 137 Å². The molecule has 0 saturated carbocycles. The lowest BCUT2D eigenvalue weighted by atomic mass is 10.0. The highest BCUT2D eigenvalue weighted by atomic mass is 16.3. The Hall–Kier alpha value is -6.34. The second kappa shape index (κ2) is 8.84. The second-order valence-corrected chi connectivity index (χ2v) is 11.2. The summed E-state index contributed by atoms with van der Waals surface area (Å²) in [4.78, 5) is 30.1. The lowest BCUT2D eigenvalue weighted by molar-refractivity contribution is 0.653. The molecule has 7 heteroatoms. The van der Waals surface area contributed by atoms with Gasteiger partial charge in [0.15, 0.2) is 11.6 Å². The van der Waals surface area contributed by atoms with E-state index in [-0.39, 0.29) is 5.56 Å². The Morgan fingerprint density at radius 3 is 2.07 bits per heavy atom. The first-order chi connectivity index (χ1) is 22.3. The molecule has 0 saturated heterocycles. The van der Waals surface area contributed by atoms with Gasteiger partial charge in [0.1, 0.15) is 11.2 Å². The summed E-state index contributed by atoms with van der Waals surface area (Å²) in [5, 5.41) is 4.72. The Labute approximate surface area is 254 Å². The Morgan fingerprint density at radius 1 is 0.556 bits per heavy atom. The van der Waals surface area contributed by atoms with Crippen molar-refractivity contribution >= 4 is 71.3 Å². The number of rotatable bonds is 2. The zero-order valence-corrected chi connectivity index (χ0v) is 23.7. The van der Waals surface area contributed by atoms with E-state index in [2.05, 4.69) is 22.6 Å². The third-order valence-corrected chi connectivity index (χ3v) is 8.74. The minimum Gasteiger partial charge on any atom is -0.437 e. The number of para-hydroxylation sites is 4. The van der Waals surface area contributed by atoms with E-state index < -0.39 is 0 Å². The fourth-order valence-corrected chi connectivity index (χ4v) is 6.82. The minimum atomic E-state index is -0.173. The Kier molecular flexibility index (Phi) is 4.74. The first-order valence-corrected chi connectivity index (χ1v) is 14.8. The summed E-state index contributed by atoms with van der Waals surface area (Å²) in [7, 11) is 0. The quantitative estimate of drug-likeness (QED) is 0.192. The summed E-state index contributed by atoms with van der Waals surface area (Å²) in [5.41, 5.74) is 6.10. The van der Waals surface area contributed by atoms with Gasteiger partial charge in [-0.15, -0.1) is 0 Å². The number of hydrogen-bond donors (Lipinski definition) is 0. The van der Waals surface area contributed by atoms with Crippen LogP contribution in [0.4, 0.5) is 0 Å². The van der Waals surface area contributed by atoms with Gasteiger partial charge in [-0.25, -0.2) is 9.97 Å². The van der Waals surface area contributed by atoms with E-state index in [0.717, 1.165) is 54.8 Å². The van der Waals surface area contributed by atoms with Crippen LogP contribution in [-0.2, 0) is 0 Å². The molecule has 5 aromatic carbocycles. The van der Waals surface area contributed by atoms with Crippen molar-refractivity contribution in [3.05, 3.63) is 138 Å². The van der Waals surface area contributed by atoms with Crippen LogP contribution in [0.3, 0.4) is 0 Å². The molecule has 210 valence electrons. The average molecular weight is 580 g/mol. The van der Waals surface area contributed by atoms with E-state index in [0.29, 0.717) is 33.7 Å². The molecular weight excluding hydrogens is 558 g/mol. The molecule has 10 aromatic rings. The van der Waals surface area contributed by atoms with Crippen molar-refractivity contribution in [2.45, 2.75) is 0 Å². The lowest BCUT2D eigenvalue weighted by Crippen LogP contribution is -2.21. The molecule has 0 N–H and O–H groups in total. The Morgan fingerprint density at radius 2 is 1.22 bits per heavy atom. The zero-order chi connectivity index (χ0) is 29.6. The van der Waals surface area contributed by atoms with Crippen LogP contribution in [0, 0.1) is 0 Å². The van der Waals surface area contributed by atoms with Gasteiger partial charge in [-0.2, -0.15) is 4.98 Å². The van der Waals surface area contributed by atoms with E-state index in [1.807, 2.05) is 109 Å². The monoisotopic (exact) mass is 579 g/mol. The zero-order valence-electron chi connectivity index (χ0n) is 23.7. The van der Waals surface area contributed by atoms with Crippen LogP contribution >= 0.6 is 0 Å². The predicted octanol–water partition coefficient (Wildman–Crippen LogP) is 8.45. The molecule has 0 radical (unpaired) electrons. The smallest absolute Gasteiger partial charge is 0.264 e. The Balaban J connectivity index is 1.52. The molecule has 0 bridgehead atoms. The summed E-state index contributed by atoms with van der Waals surface area (Å²) in [6, 6.07) is 41.7. The molecule has 45 heavy (non-hydrogen) atoms. The first kappa shape index (κ1) is 24.1. The standard InChI is InChI=1S/C38H21N5O2/c44-38-24-15-5-4-14-23(24)31-33(25-16-6-9-19-28(25)42-29-20-10-8-18-27(29)39-35(31)42)43(38)36-32-26-17-7-11-21-30(26)45-37(32)41-34(40-36)22-12-2-1-3-13-22/h1-21H. The first-order valence-electron chi connectivity index (χ1n) is 14.8. The molecule has 0 fully saturated rings. The molecule has 0 amide bonds. The van der Waals surface area contributed by atoms with Gasteiger partial charge < -0.3 is 4.42 Å². The number of hydrogen-bond acceptors (Lipinski definition) is 5. The minimum absolute atomic E-state index is 0.173. The maximum Gasteiger partial charge on any atom is 0.264 e. The van der Waals surface area contributed by atoms with Gasteiger partial charge in [0.25, 0.3) is 5.56 Å². The van der Waals surface area contributed by atoms with Crippen LogP contribution in [0.25, 0.3) is 88.5 Å². The van der Waals surface area contributed by atoms with Crippen LogP contribution < -0.4 is 5.56 Å². The van der Waals surface area contributed by atoms with Crippen molar-refractivity contribution in [2.24, 2.45) is 0 Å². The van der Waals surface area contributed by atoms with Crippen molar-refractivity contribution < 1.29 is 4.42 Å². The predicted molar refractivity (Wildman–Crippen MR) is 179 cm³/mol. The van der Waals surface area contributed by atoms with E-state index >= 15 is 0 Å². The summed E-state index contributed by atoms with van der Waals surface area (Å²) in [5.74, 6) is 0.942. The van der Waals surface area contributed by atoms with Crippen molar-refractivity contribution in [1.82, 2.24) is 23.9 Å². The number of pyridine rings is 2. The second-order valence-electron chi connectivity index (χ2n) is 11.2. The highest BCUT2D eigenvalue weighted by Crippen LogP contribution is 2.39. The molecule has 10 rings (SSSR count). The van der Waals surface area contributed by atoms with Gasteiger partial charge in [-0.3, -0.25) is 13.8 Å². The Bertz CT molecular complexity index is 2900. The number of fused-ring (bicyclic) bond motifs is 13. The third kappa shape index (κ3) is 3.24. The van der Waals surface area contributed by atoms with Gasteiger partial charge in [-0.1, -0.05) is 97.1 Å². The van der Waals surface area contributed by atoms with Crippen molar-refractivity contribution in [3.63, 3.8) is 0 Å². The summed E-state index contributed by atoms with van der Waals surface area (Å²) in [6.07, 6.45) is 0. The lowest BCUT2D eigenvalue weighted by Gasteiger charge is -2.17. The maximum absolute atomic E-state index is 14.9. The molecule has 5 aromatic heterocycles. The SMILES string of the molecule is O=c1c2ccccc2c2c(c3ccccc3n3c4ccccc4nc23)n1-c1nc(-c2ccccc2)nc2oc3ccccc3c12. The molecule has 0 unspecified atom stereocenters. The average Bonchev–Trinajstić information content (AvgIpc) is 3.67. The normalized spacial score (nSPS) is 12.1. The van der Waals surface area contributed by atoms with Crippen molar-refractivity contribution in [1.29, 1.82) is 0 Å². The van der Waals surface area contributed by atoms with Gasteiger partial charge in [-0.05, 0) is 30.3 Å². The van der Waals surface area contributed by atoms with Crippen molar-refractivity contribution in [2.75, 3.05) is 0 Å². The van der Waals surface area contributed by atoms with Gasteiger partial charge in [0.05, 0.1) is 32.8 Å². The molecule has 0 aliphatic heterocycles. The van der Waals surface area contributed by atoms with Crippen LogP contribution in [0.5, 0.6) is 0 Å². The summed E-state index contributed by atoms with van der Waals surface area (Å²) >= 11 is 0. The third-order valence-electron chi connectivity index (χ3n) is 8.74. The number of furan rings is 1. The highest BCUT2D eigenvalue weighted by Gasteiger charge is 2.25. The van der Waals surface area contributed by atoms with E-state index in [9.17, 15) is 4.79 Å². The fraction of sp³-hybridized carbons (Fsp3) is 0. The summed E-state index contributed by atoms with van der Waals surface area (Å²) in [6.45, 7) is 0. The molecule has 0 aliphatic carbocycles. The van der Waals surface area contributed by atoms with E-state index in [1.54, 1.807) is 4.57 Å². The maximum atomic E-state index is 14.9. The fourth-order valence-electron chi connectivity index (χ4n) is 6.82. The van der Waals surface area contributed by atoms with Gasteiger partial charge in [0.2, 0.25) is 5.71 Å². The molecule has 5 heterocycles. The van der Waals surface area contributed by atoms with Crippen LogP contribution in [0.1, 0.15) is 0 Å². The van der Waals surface area contributed by atoms with Gasteiger partial charge >= 0.3 is 0 Å². The van der Waals surface area contributed by atoms with Crippen LogP contribution in [-0.4, -0.2) is 23.9 Å². The molecule has 0 aliphatic rings. The number of aromatic nitrogens is 5. The molecule has 7 nitrogen and oxygen atoms in total.